The first kappa shape index (κ1) is 19.9. The summed E-state index contributed by atoms with van der Waals surface area (Å²) in [6, 6.07) is 24.3. The van der Waals surface area contributed by atoms with Crippen LogP contribution in [0.3, 0.4) is 0 Å². The lowest BCUT2D eigenvalue weighted by Crippen LogP contribution is -2.37. The van der Waals surface area contributed by atoms with Crippen molar-refractivity contribution < 1.29 is 0 Å². The lowest BCUT2D eigenvalue weighted by Gasteiger charge is -2.42. The number of benzene rings is 2. The SMILES string of the molecule is Cc1ccc([C@H]2CC(=C(C#N)C#N)C[C@@H](c3ccc(C)cc3)C2(C#N)C#N)cc1. The molecule has 0 heterocycles. The van der Waals surface area contributed by atoms with Gasteiger partial charge < -0.3 is 0 Å². The molecule has 29 heavy (non-hydrogen) atoms. The Bertz CT molecular complexity index is 1020. The van der Waals surface area contributed by atoms with Crippen molar-refractivity contribution in [3.63, 3.8) is 0 Å². The maximum atomic E-state index is 10.2. The Hall–Kier alpha value is -3.86. The van der Waals surface area contributed by atoms with Crippen LogP contribution in [0.15, 0.2) is 59.7 Å². The van der Waals surface area contributed by atoms with Gasteiger partial charge in [-0.3, -0.25) is 0 Å². The van der Waals surface area contributed by atoms with Gasteiger partial charge in [-0.15, -0.1) is 0 Å². The molecule has 2 aromatic carbocycles. The van der Waals surface area contributed by atoms with Gasteiger partial charge in [0.1, 0.15) is 17.7 Å². The zero-order valence-corrected chi connectivity index (χ0v) is 16.5. The van der Waals surface area contributed by atoms with Crippen LogP contribution in [0, 0.1) is 64.6 Å². The largest absolute Gasteiger partial charge is 0.197 e. The number of nitrogens with zero attached hydrogens (tertiary/aromatic N) is 4. The van der Waals surface area contributed by atoms with E-state index in [-0.39, 0.29) is 5.57 Å². The van der Waals surface area contributed by atoms with Crippen molar-refractivity contribution in [3.05, 3.63) is 81.9 Å². The van der Waals surface area contributed by atoms with E-state index < -0.39 is 17.3 Å². The Kier molecular flexibility index (Phi) is 5.50. The first-order chi connectivity index (χ1) is 14.0. The van der Waals surface area contributed by atoms with Crippen LogP contribution < -0.4 is 0 Å². The summed E-state index contributed by atoms with van der Waals surface area (Å²) in [5.74, 6) is -0.852. The lowest BCUT2D eigenvalue weighted by atomic mass is 9.56. The molecule has 0 unspecified atom stereocenters. The van der Waals surface area contributed by atoms with Crippen molar-refractivity contribution in [2.24, 2.45) is 5.41 Å². The quantitative estimate of drug-likeness (QED) is 0.661. The first-order valence-corrected chi connectivity index (χ1v) is 9.47. The van der Waals surface area contributed by atoms with Gasteiger partial charge in [0.05, 0.1) is 12.1 Å². The summed E-state index contributed by atoms with van der Waals surface area (Å²) in [6.45, 7) is 3.97. The van der Waals surface area contributed by atoms with Gasteiger partial charge in [0.25, 0.3) is 0 Å². The molecular weight excluding hydrogens is 356 g/mol. The summed E-state index contributed by atoms with van der Waals surface area (Å²) in [5.41, 5.74) is 3.45. The van der Waals surface area contributed by atoms with E-state index in [4.69, 9.17) is 0 Å². The minimum absolute atomic E-state index is 0.0868. The molecule has 0 N–H and O–H groups in total. The number of hydrogen-bond acceptors (Lipinski definition) is 4. The predicted molar refractivity (Wildman–Crippen MR) is 109 cm³/mol. The Morgan fingerprint density at radius 1 is 0.724 bits per heavy atom. The molecule has 0 bridgehead atoms. The minimum Gasteiger partial charge on any atom is -0.197 e. The lowest BCUT2D eigenvalue weighted by molar-refractivity contribution is 0.289. The summed E-state index contributed by atoms with van der Waals surface area (Å²) < 4.78 is 0. The highest BCUT2D eigenvalue weighted by Gasteiger charge is 2.52. The van der Waals surface area contributed by atoms with Gasteiger partial charge in [-0.1, -0.05) is 59.7 Å². The molecule has 0 saturated heterocycles. The normalized spacial score (nSPS) is 19.9. The molecule has 3 rings (SSSR count). The van der Waals surface area contributed by atoms with Crippen LogP contribution in [-0.2, 0) is 0 Å². The molecule has 2 atom stereocenters. The Balaban J connectivity index is 2.26. The average molecular weight is 376 g/mol. The van der Waals surface area contributed by atoms with Gasteiger partial charge in [-0.2, -0.15) is 21.0 Å². The van der Waals surface area contributed by atoms with Crippen LogP contribution in [0.25, 0.3) is 0 Å². The molecule has 1 fully saturated rings. The molecule has 4 heteroatoms. The number of nitriles is 4. The Morgan fingerprint density at radius 3 is 1.41 bits per heavy atom. The third kappa shape index (κ3) is 3.50. The van der Waals surface area contributed by atoms with Crippen molar-refractivity contribution in [2.75, 3.05) is 0 Å². The Morgan fingerprint density at radius 2 is 1.10 bits per heavy atom. The van der Waals surface area contributed by atoms with Gasteiger partial charge in [0.2, 0.25) is 0 Å². The van der Waals surface area contributed by atoms with Crippen molar-refractivity contribution in [1.82, 2.24) is 0 Å². The van der Waals surface area contributed by atoms with Gasteiger partial charge in [-0.25, -0.2) is 0 Å². The second-order valence-corrected chi connectivity index (χ2v) is 7.63. The van der Waals surface area contributed by atoms with Crippen LogP contribution in [0.2, 0.25) is 0 Å². The molecule has 1 saturated carbocycles. The highest BCUT2D eigenvalue weighted by molar-refractivity contribution is 5.49. The fourth-order valence-electron chi connectivity index (χ4n) is 4.22. The smallest absolute Gasteiger partial charge is 0.158 e. The number of rotatable bonds is 2. The maximum absolute atomic E-state index is 10.2. The van der Waals surface area contributed by atoms with Gasteiger partial charge in [-0.05, 0) is 43.4 Å². The van der Waals surface area contributed by atoms with Crippen LogP contribution in [0.1, 0.15) is 46.9 Å². The predicted octanol–water partition coefficient (Wildman–Crippen LogP) is 5.34. The van der Waals surface area contributed by atoms with Gasteiger partial charge in [0, 0.05) is 11.8 Å². The zero-order chi connectivity index (χ0) is 21.0. The molecule has 140 valence electrons. The second kappa shape index (κ2) is 8.02. The molecule has 1 aliphatic carbocycles. The fraction of sp³-hybridized carbons (Fsp3) is 0.280. The standard InChI is InChI=1S/C25H20N4/c1-17-3-7-19(8-4-17)23-11-21(22(13-26)14-27)12-24(25(23,15-28)16-29)20-9-5-18(2)6-10-20/h3-10,23-24H,11-12H2,1-2H3/t23-,24+. The van der Waals surface area contributed by atoms with Crippen molar-refractivity contribution in [3.8, 4) is 24.3 Å². The summed E-state index contributed by atoms with van der Waals surface area (Å²) in [6.07, 6.45) is 0.700. The van der Waals surface area contributed by atoms with E-state index in [1.54, 1.807) is 0 Å². The van der Waals surface area contributed by atoms with Crippen LogP contribution in [0.5, 0.6) is 0 Å². The van der Waals surface area contributed by atoms with E-state index in [0.29, 0.717) is 18.4 Å². The molecule has 2 aromatic rings. The molecule has 0 spiro atoms. The molecular formula is C25H20N4. The Labute approximate surface area is 171 Å². The minimum atomic E-state index is -1.29. The van der Waals surface area contributed by atoms with Crippen LogP contribution in [0.4, 0.5) is 0 Å². The number of hydrogen-bond donors (Lipinski definition) is 0. The van der Waals surface area contributed by atoms with Crippen molar-refractivity contribution in [2.45, 2.75) is 38.5 Å². The topological polar surface area (TPSA) is 95.2 Å². The van der Waals surface area contributed by atoms with E-state index >= 15 is 0 Å². The first-order valence-electron chi connectivity index (χ1n) is 9.47. The fourth-order valence-corrected chi connectivity index (χ4v) is 4.22. The molecule has 0 aromatic heterocycles. The maximum Gasteiger partial charge on any atom is 0.158 e. The van der Waals surface area contributed by atoms with E-state index in [1.165, 1.54) is 0 Å². The molecule has 0 aliphatic heterocycles. The van der Waals surface area contributed by atoms with Crippen molar-refractivity contribution >= 4 is 0 Å². The highest BCUT2D eigenvalue weighted by atomic mass is 14.5. The van der Waals surface area contributed by atoms with Crippen LogP contribution >= 0.6 is 0 Å². The summed E-state index contributed by atoms with van der Waals surface area (Å²) >= 11 is 0. The molecule has 1 aliphatic rings. The number of aryl methyl sites for hydroxylation is 2. The van der Waals surface area contributed by atoms with E-state index in [2.05, 4.69) is 12.1 Å². The van der Waals surface area contributed by atoms with E-state index in [1.807, 2.05) is 74.5 Å². The third-order valence-electron chi connectivity index (χ3n) is 5.91. The third-order valence-corrected chi connectivity index (χ3v) is 5.91. The summed E-state index contributed by atoms with van der Waals surface area (Å²) in [7, 11) is 0. The zero-order valence-electron chi connectivity index (χ0n) is 16.5. The monoisotopic (exact) mass is 376 g/mol. The van der Waals surface area contributed by atoms with Gasteiger partial charge in [0.15, 0.2) is 5.41 Å². The molecule has 0 amide bonds. The van der Waals surface area contributed by atoms with Crippen molar-refractivity contribution in [1.29, 1.82) is 21.0 Å². The highest BCUT2D eigenvalue weighted by Crippen LogP contribution is 2.56. The molecule has 0 radical (unpaired) electrons. The average Bonchev–Trinajstić information content (AvgIpc) is 2.75. The second-order valence-electron chi connectivity index (χ2n) is 7.63. The van der Waals surface area contributed by atoms with E-state index in [9.17, 15) is 21.0 Å². The summed E-state index contributed by atoms with van der Waals surface area (Å²) in [5, 5.41) is 39.4. The van der Waals surface area contributed by atoms with Gasteiger partial charge >= 0.3 is 0 Å². The van der Waals surface area contributed by atoms with E-state index in [0.717, 1.165) is 22.3 Å². The number of allylic oxidation sites excluding steroid dienone is 2. The van der Waals surface area contributed by atoms with Crippen LogP contribution in [-0.4, -0.2) is 0 Å². The summed E-state index contributed by atoms with van der Waals surface area (Å²) in [4.78, 5) is 0. The molecule has 4 nitrogen and oxygen atoms in total.